The average Bonchev–Trinajstić information content (AvgIpc) is 2.26. The van der Waals surface area contributed by atoms with Crippen molar-refractivity contribution in [1.29, 1.82) is 0 Å². The lowest BCUT2D eigenvalue weighted by Crippen LogP contribution is -2.31. The maximum Gasteiger partial charge on any atom is 0.405 e. The zero-order chi connectivity index (χ0) is 13.1. The first-order valence-electron chi connectivity index (χ1n) is 5.19. The maximum absolute atomic E-state index is 12.3. The van der Waals surface area contributed by atoms with Gasteiger partial charge in [-0.15, -0.1) is 0 Å². The summed E-state index contributed by atoms with van der Waals surface area (Å²) in [5.74, 6) is 1.29. The third-order valence-corrected chi connectivity index (χ3v) is 2.14. The molecule has 4 nitrogen and oxygen atoms in total. The van der Waals surface area contributed by atoms with Crippen molar-refractivity contribution in [3.8, 4) is 0 Å². The minimum absolute atomic E-state index is 0.263. The Bertz CT molecular complexity index is 356. The van der Waals surface area contributed by atoms with Crippen LogP contribution in [0.3, 0.4) is 0 Å². The lowest BCUT2D eigenvalue weighted by atomic mass is 10.4. The molecule has 0 spiro atoms. The van der Waals surface area contributed by atoms with Crippen molar-refractivity contribution in [1.82, 2.24) is 9.97 Å². The fourth-order valence-corrected chi connectivity index (χ4v) is 1.31. The minimum Gasteiger partial charge on any atom is -0.373 e. The van der Waals surface area contributed by atoms with Crippen molar-refractivity contribution < 1.29 is 13.2 Å². The van der Waals surface area contributed by atoms with Crippen LogP contribution >= 0.6 is 0 Å². The summed E-state index contributed by atoms with van der Waals surface area (Å²) in [6.07, 6.45) is -3.67. The van der Waals surface area contributed by atoms with Gasteiger partial charge in [0.05, 0.1) is 0 Å². The lowest BCUT2D eigenvalue weighted by molar-refractivity contribution is -0.119. The van der Waals surface area contributed by atoms with Crippen LogP contribution in [0.5, 0.6) is 0 Å². The molecule has 0 aliphatic rings. The van der Waals surface area contributed by atoms with Gasteiger partial charge in [-0.25, -0.2) is 9.97 Å². The monoisotopic (exact) mass is 248 g/mol. The first-order chi connectivity index (χ1) is 7.85. The number of aromatic nitrogens is 2. The molecular formula is C10H15F3N4. The van der Waals surface area contributed by atoms with Crippen LogP contribution in [0.25, 0.3) is 0 Å². The molecule has 1 aromatic heterocycles. The van der Waals surface area contributed by atoms with Crippen molar-refractivity contribution in [3.63, 3.8) is 0 Å². The summed E-state index contributed by atoms with van der Waals surface area (Å²) in [6, 6.07) is 1.49. The van der Waals surface area contributed by atoms with E-state index in [1.54, 1.807) is 7.05 Å². The van der Waals surface area contributed by atoms with Gasteiger partial charge >= 0.3 is 6.18 Å². The standard InChI is InChI=1S/C10H15F3N4/c1-4-7-15-8(14-2)5-9(16-7)17(3)6-10(11,12)13/h5H,4,6H2,1-3H3,(H,14,15,16). The molecule has 17 heavy (non-hydrogen) atoms. The van der Waals surface area contributed by atoms with Gasteiger partial charge in [0.1, 0.15) is 24.0 Å². The molecule has 7 heteroatoms. The molecule has 0 bridgehead atoms. The van der Waals surface area contributed by atoms with E-state index in [0.29, 0.717) is 18.1 Å². The van der Waals surface area contributed by atoms with Crippen LogP contribution in [0, 0.1) is 0 Å². The quantitative estimate of drug-likeness (QED) is 0.885. The van der Waals surface area contributed by atoms with Crippen LogP contribution in [0.2, 0.25) is 0 Å². The number of hydrogen-bond acceptors (Lipinski definition) is 4. The van der Waals surface area contributed by atoms with E-state index >= 15 is 0 Å². The van der Waals surface area contributed by atoms with Crippen LogP contribution in [0.15, 0.2) is 6.07 Å². The molecule has 0 aliphatic carbocycles. The molecule has 1 aromatic rings. The lowest BCUT2D eigenvalue weighted by Gasteiger charge is -2.20. The highest BCUT2D eigenvalue weighted by Gasteiger charge is 2.30. The second-order valence-electron chi connectivity index (χ2n) is 3.60. The van der Waals surface area contributed by atoms with Crippen molar-refractivity contribution in [3.05, 3.63) is 11.9 Å². The highest BCUT2D eigenvalue weighted by Crippen LogP contribution is 2.21. The molecule has 0 aliphatic heterocycles. The number of nitrogens with one attached hydrogen (secondary N) is 1. The highest BCUT2D eigenvalue weighted by atomic mass is 19.4. The number of alkyl halides is 3. The van der Waals surface area contributed by atoms with Crippen LogP contribution in [0.1, 0.15) is 12.7 Å². The predicted molar refractivity (Wildman–Crippen MR) is 60.3 cm³/mol. The Kier molecular flexibility index (Phi) is 4.14. The number of halogens is 3. The molecule has 0 saturated carbocycles. The number of rotatable bonds is 4. The summed E-state index contributed by atoms with van der Waals surface area (Å²) in [5.41, 5.74) is 0. The van der Waals surface area contributed by atoms with Gasteiger partial charge in [0, 0.05) is 26.6 Å². The van der Waals surface area contributed by atoms with E-state index < -0.39 is 12.7 Å². The molecule has 1 N–H and O–H groups in total. The number of anilines is 2. The zero-order valence-electron chi connectivity index (χ0n) is 9.97. The molecule has 0 radical (unpaired) electrons. The molecule has 1 heterocycles. The Balaban J connectivity index is 2.96. The van der Waals surface area contributed by atoms with E-state index in [1.165, 1.54) is 13.1 Å². The zero-order valence-corrected chi connectivity index (χ0v) is 9.97. The minimum atomic E-state index is -4.24. The first-order valence-corrected chi connectivity index (χ1v) is 5.19. The normalized spacial score (nSPS) is 11.4. The Morgan fingerprint density at radius 1 is 1.35 bits per heavy atom. The molecule has 0 unspecified atom stereocenters. The van der Waals surface area contributed by atoms with E-state index in [4.69, 9.17) is 0 Å². The van der Waals surface area contributed by atoms with E-state index in [9.17, 15) is 13.2 Å². The largest absolute Gasteiger partial charge is 0.405 e. The molecule has 0 amide bonds. The van der Waals surface area contributed by atoms with Gasteiger partial charge in [-0.2, -0.15) is 13.2 Å². The summed E-state index contributed by atoms with van der Waals surface area (Å²) >= 11 is 0. The van der Waals surface area contributed by atoms with E-state index in [-0.39, 0.29) is 5.82 Å². The molecule has 0 aromatic carbocycles. The van der Waals surface area contributed by atoms with Gasteiger partial charge < -0.3 is 10.2 Å². The van der Waals surface area contributed by atoms with Gasteiger partial charge in [-0.1, -0.05) is 6.92 Å². The van der Waals surface area contributed by atoms with Crippen LogP contribution in [-0.4, -0.2) is 36.8 Å². The van der Waals surface area contributed by atoms with Gasteiger partial charge in [0.2, 0.25) is 0 Å². The average molecular weight is 248 g/mol. The Morgan fingerprint density at radius 2 is 2.00 bits per heavy atom. The molecule has 0 saturated heterocycles. The molecule has 96 valence electrons. The second kappa shape index (κ2) is 5.20. The summed E-state index contributed by atoms with van der Waals surface area (Å²) in [5, 5.41) is 2.80. The number of nitrogens with zero attached hydrogens (tertiary/aromatic N) is 3. The third-order valence-electron chi connectivity index (χ3n) is 2.14. The predicted octanol–water partition coefficient (Wildman–Crippen LogP) is 2.08. The first kappa shape index (κ1) is 13.5. The molecule has 0 fully saturated rings. The topological polar surface area (TPSA) is 41.1 Å². The molecule has 1 rings (SSSR count). The highest BCUT2D eigenvalue weighted by molar-refractivity contribution is 5.48. The van der Waals surface area contributed by atoms with Gasteiger partial charge in [-0.05, 0) is 0 Å². The van der Waals surface area contributed by atoms with Gasteiger partial charge in [0.25, 0.3) is 0 Å². The van der Waals surface area contributed by atoms with Gasteiger partial charge in [-0.3, -0.25) is 0 Å². The fourth-order valence-electron chi connectivity index (χ4n) is 1.31. The van der Waals surface area contributed by atoms with Crippen molar-refractivity contribution in [2.75, 3.05) is 30.9 Å². The Morgan fingerprint density at radius 3 is 2.47 bits per heavy atom. The van der Waals surface area contributed by atoms with Gasteiger partial charge in [0.15, 0.2) is 0 Å². The van der Waals surface area contributed by atoms with E-state index in [2.05, 4.69) is 15.3 Å². The summed E-state index contributed by atoms with van der Waals surface area (Å²) < 4.78 is 36.8. The van der Waals surface area contributed by atoms with Crippen molar-refractivity contribution in [2.24, 2.45) is 0 Å². The van der Waals surface area contributed by atoms with Crippen LogP contribution in [-0.2, 0) is 6.42 Å². The SMILES string of the molecule is CCc1nc(NC)cc(N(C)CC(F)(F)F)n1. The number of aryl methyl sites for hydroxylation is 1. The summed E-state index contributed by atoms with van der Waals surface area (Å²) in [4.78, 5) is 9.24. The third kappa shape index (κ3) is 4.08. The Hall–Kier alpha value is -1.53. The number of hydrogen-bond donors (Lipinski definition) is 1. The van der Waals surface area contributed by atoms with E-state index in [1.807, 2.05) is 6.92 Å². The summed E-state index contributed by atoms with van der Waals surface area (Å²) in [6.45, 7) is 0.818. The fraction of sp³-hybridized carbons (Fsp3) is 0.600. The smallest absolute Gasteiger partial charge is 0.373 e. The second-order valence-corrected chi connectivity index (χ2v) is 3.60. The molecular weight excluding hydrogens is 233 g/mol. The van der Waals surface area contributed by atoms with Crippen molar-refractivity contribution in [2.45, 2.75) is 19.5 Å². The summed E-state index contributed by atoms with van der Waals surface area (Å²) in [7, 11) is 3.02. The van der Waals surface area contributed by atoms with Crippen molar-refractivity contribution >= 4 is 11.6 Å². The molecule has 0 atom stereocenters. The van der Waals surface area contributed by atoms with Crippen LogP contribution in [0.4, 0.5) is 24.8 Å². The maximum atomic E-state index is 12.3. The van der Waals surface area contributed by atoms with Crippen LogP contribution < -0.4 is 10.2 Å². The Labute approximate surface area is 97.9 Å². The van der Waals surface area contributed by atoms with E-state index in [0.717, 1.165) is 4.90 Å².